The van der Waals surface area contributed by atoms with Crippen molar-refractivity contribution >= 4 is 11.9 Å². The number of hydrogen-bond acceptors (Lipinski definition) is 3. The molecule has 1 N–H and O–H groups in total. The Morgan fingerprint density at radius 3 is 2.46 bits per heavy atom. The highest BCUT2D eigenvalue weighted by Crippen LogP contribution is 2.41. The predicted octanol–water partition coefficient (Wildman–Crippen LogP) is 4.40. The highest BCUT2D eigenvalue weighted by molar-refractivity contribution is 5.91. The van der Waals surface area contributed by atoms with Crippen LogP contribution in [0, 0.1) is 0 Å². The van der Waals surface area contributed by atoms with Crippen LogP contribution in [0.1, 0.15) is 48.8 Å². The van der Waals surface area contributed by atoms with E-state index in [0.717, 1.165) is 31.1 Å². The van der Waals surface area contributed by atoms with Crippen LogP contribution < -0.4 is 5.32 Å². The van der Waals surface area contributed by atoms with Gasteiger partial charge in [0.15, 0.2) is 5.78 Å². The molecule has 0 bridgehead atoms. The van der Waals surface area contributed by atoms with Gasteiger partial charge in [0.1, 0.15) is 0 Å². The van der Waals surface area contributed by atoms with Crippen molar-refractivity contribution in [2.24, 2.45) is 0 Å². The molecule has 1 heterocycles. The minimum atomic E-state index is 0.0850. The molecule has 0 spiro atoms. The van der Waals surface area contributed by atoms with Crippen molar-refractivity contribution in [1.29, 1.82) is 0 Å². The zero-order chi connectivity index (χ0) is 19.3. The highest BCUT2D eigenvalue weighted by Gasteiger charge is 2.39. The number of rotatable bonds is 7. The average Bonchev–Trinajstić information content (AvgIpc) is 3.49. The number of nitrogens with one attached hydrogen (secondary N) is 1. The van der Waals surface area contributed by atoms with Gasteiger partial charge < -0.3 is 5.32 Å². The van der Waals surface area contributed by atoms with E-state index >= 15 is 0 Å². The molecule has 2 aromatic rings. The first-order valence-corrected chi connectivity index (χ1v) is 10.5. The van der Waals surface area contributed by atoms with Gasteiger partial charge in [0.2, 0.25) is 0 Å². The molecule has 1 saturated carbocycles. The fourth-order valence-electron chi connectivity index (χ4n) is 4.21. The molecule has 0 radical (unpaired) electrons. The van der Waals surface area contributed by atoms with Gasteiger partial charge in [-0.15, -0.1) is 0 Å². The Bertz CT molecular complexity index is 804. The van der Waals surface area contributed by atoms with Crippen LogP contribution in [0.4, 0.5) is 0 Å². The summed E-state index contributed by atoms with van der Waals surface area (Å²) in [4.78, 5) is 13.6. The molecule has 3 heteroatoms. The molecule has 4 rings (SSSR count). The van der Waals surface area contributed by atoms with Crippen molar-refractivity contribution in [3.8, 4) is 0 Å². The number of likely N-dealkylation sites (tertiary alicyclic amines) is 1. The molecule has 0 amide bonds. The van der Waals surface area contributed by atoms with Crippen LogP contribution in [0.2, 0.25) is 0 Å². The van der Waals surface area contributed by atoms with Gasteiger partial charge in [-0.25, -0.2) is 0 Å². The molecule has 1 saturated heterocycles. The Kier molecular flexibility index (Phi) is 6.04. The largest absolute Gasteiger partial charge is 0.311 e. The van der Waals surface area contributed by atoms with Gasteiger partial charge >= 0.3 is 0 Å². The van der Waals surface area contributed by atoms with Crippen LogP contribution in [-0.2, 0) is 11.3 Å². The molecular formula is C25H30N2O. The molecule has 0 aromatic heterocycles. The van der Waals surface area contributed by atoms with E-state index in [1.165, 1.54) is 30.4 Å². The van der Waals surface area contributed by atoms with E-state index in [9.17, 15) is 4.79 Å². The number of carbonyl (C=O) groups is 1. The van der Waals surface area contributed by atoms with Crippen LogP contribution in [-0.4, -0.2) is 35.9 Å². The lowest BCUT2D eigenvalue weighted by molar-refractivity contribution is -0.112. The van der Waals surface area contributed by atoms with Gasteiger partial charge in [-0.1, -0.05) is 60.7 Å². The summed E-state index contributed by atoms with van der Waals surface area (Å²) in [5.41, 5.74) is 3.91. The topological polar surface area (TPSA) is 32.3 Å². The third-order valence-corrected chi connectivity index (χ3v) is 5.95. The molecule has 28 heavy (non-hydrogen) atoms. The molecule has 3 nitrogen and oxygen atoms in total. The van der Waals surface area contributed by atoms with E-state index in [-0.39, 0.29) is 5.78 Å². The first kappa shape index (κ1) is 19.1. The third kappa shape index (κ3) is 5.18. The van der Waals surface area contributed by atoms with Crippen molar-refractivity contribution in [3.63, 3.8) is 0 Å². The first-order valence-electron chi connectivity index (χ1n) is 10.5. The van der Waals surface area contributed by atoms with Gasteiger partial charge in [0.05, 0.1) is 0 Å². The van der Waals surface area contributed by atoms with Gasteiger partial charge in [-0.3, -0.25) is 9.69 Å². The Labute approximate surface area is 168 Å². The van der Waals surface area contributed by atoms with Crippen molar-refractivity contribution in [2.45, 2.75) is 50.7 Å². The lowest BCUT2D eigenvalue weighted by atomic mass is 10.0. The molecular weight excluding hydrogens is 344 g/mol. The van der Waals surface area contributed by atoms with Gasteiger partial charge in [-0.05, 0) is 62.0 Å². The minimum absolute atomic E-state index is 0.0850. The number of piperidine rings is 1. The Hall–Kier alpha value is -2.23. The molecule has 2 atom stereocenters. The zero-order valence-electron chi connectivity index (χ0n) is 16.7. The lowest BCUT2D eigenvalue weighted by Crippen LogP contribution is -2.43. The van der Waals surface area contributed by atoms with Crippen LogP contribution in [0.25, 0.3) is 6.08 Å². The number of benzene rings is 2. The Balaban J connectivity index is 1.20. The normalized spacial score (nSPS) is 23.2. The highest BCUT2D eigenvalue weighted by atomic mass is 16.1. The van der Waals surface area contributed by atoms with Gasteiger partial charge in [-0.2, -0.15) is 0 Å². The number of ketones is 1. The maximum absolute atomic E-state index is 11.0. The summed E-state index contributed by atoms with van der Waals surface area (Å²) in [5.74, 6) is 0.802. The van der Waals surface area contributed by atoms with E-state index in [4.69, 9.17) is 0 Å². The fraction of sp³-hybridized carbons (Fsp3) is 0.400. The molecule has 0 unspecified atom stereocenters. The summed E-state index contributed by atoms with van der Waals surface area (Å²) in [6, 6.07) is 20.8. The molecule has 2 aromatic carbocycles. The van der Waals surface area contributed by atoms with E-state index in [0.29, 0.717) is 12.1 Å². The van der Waals surface area contributed by atoms with E-state index in [1.54, 1.807) is 13.0 Å². The molecule has 2 aliphatic rings. The summed E-state index contributed by atoms with van der Waals surface area (Å²) in [7, 11) is 0. The predicted molar refractivity (Wildman–Crippen MR) is 115 cm³/mol. The quantitative estimate of drug-likeness (QED) is 0.729. The van der Waals surface area contributed by atoms with Crippen LogP contribution in [0.3, 0.4) is 0 Å². The second-order valence-corrected chi connectivity index (χ2v) is 8.26. The minimum Gasteiger partial charge on any atom is -0.311 e. The van der Waals surface area contributed by atoms with Crippen molar-refractivity contribution in [3.05, 3.63) is 77.4 Å². The van der Waals surface area contributed by atoms with E-state index in [1.807, 2.05) is 6.08 Å². The second-order valence-electron chi connectivity index (χ2n) is 8.26. The summed E-state index contributed by atoms with van der Waals surface area (Å²) in [6.45, 7) is 4.91. The standard InChI is InChI=1S/C25H30N2O/c1-19(28)7-8-20-9-11-21(12-10-20)18-27-15-13-23(14-16-27)26-25-17-24(25)22-5-3-2-4-6-22/h2-12,23-26H,13-18H2,1H3/b8-7+/t24-,25+/m0/s1. The maximum Gasteiger partial charge on any atom is 0.152 e. The van der Waals surface area contributed by atoms with Crippen molar-refractivity contribution in [2.75, 3.05) is 13.1 Å². The van der Waals surface area contributed by atoms with Crippen molar-refractivity contribution in [1.82, 2.24) is 10.2 Å². The summed E-state index contributed by atoms with van der Waals surface area (Å²) in [6.07, 6.45) is 7.25. The fourth-order valence-corrected chi connectivity index (χ4v) is 4.21. The van der Waals surface area contributed by atoms with Gasteiger partial charge in [0, 0.05) is 24.5 Å². The molecule has 1 aliphatic carbocycles. The maximum atomic E-state index is 11.0. The third-order valence-electron chi connectivity index (χ3n) is 5.95. The monoisotopic (exact) mass is 374 g/mol. The number of allylic oxidation sites excluding steroid dienone is 1. The SMILES string of the molecule is CC(=O)/C=C/c1ccc(CN2CCC(N[C@@H]3C[C@H]3c3ccccc3)CC2)cc1. The van der Waals surface area contributed by atoms with Crippen molar-refractivity contribution < 1.29 is 4.79 Å². The van der Waals surface area contributed by atoms with Crippen LogP contribution >= 0.6 is 0 Å². The Morgan fingerprint density at radius 2 is 1.79 bits per heavy atom. The van der Waals surface area contributed by atoms with E-state index < -0.39 is 0 Å². The second kappa shape index (κ2) is 8.85. The average molecular weight is 375 g/mol. The van der Waals surface area contributed by atoms with Crippen LogP contribution in [0.5, 0.6) is 0 Å². The first-order chi connectivity index (χ1) is 13.7. The zero-order valence-corrected chi connectivity index (χ0v) is 16.7. The molecule has 2 fully saturated rings. The summed E-state index contributed by atoms with van der Waals surface area (Å²) < 4.78 is 0. The number of nitrogens with zero attached hydrogens (tertiary/aromatic N) is 1. The lowest BCUT2D eigenvalue weighted by Gasteiger charge is -2.32. The van der Waals surface area contributed by atoms with Crippen LogP contribution in [0.15, 0.2) is 60.7 Å². The van der Waals surface area contributed by atoms with E-state index in [2.05, 4.69) is 64.8 Å². The molecule has 1 aliphatic heterocycles. The number of carbonyl (C=O) groups excluding carboxylic acids is 1. The van der Waals surface area contributed by atoms with Gasteiger partial charge in [0.25, 0.3) is 0 Å². The molecule has 146 valence electrons. The summed E-state index contributed by atoms with van der Waals surface area (Å²) >= 11 is 0. The number of hydrogen-bond donors (Lipinski definition) is 1. The Morgan fingerprint density at radius 1 is 1.07 bits per heavy atom. The summed E-state index contributed by atoms with van der Waals surface area (Å²) in [5, 5.41) is 3.89. The smallest absolute Gasteiger partial charge is 0.152 e.